The SMILES string of the molecule is O=[N+]([O-])c1ccc(-c2nc3sccc3c(=S)[nH]2)o1. The number of hydrogen-bond acceptors (Lipinski definition) is 6. The third-order valence-corrected chi connectivity index (χ3v) is 3.47. The van der Waals surface area contributed by atoms with Gasteiger partial charge in [-0.3, -0.25) is 10.1 Å². The van der Waals surface area contributed by atoms with E-state index >= 15 is 0 Å². The van der Waals surface area contributed by atoms with E-state index in [0.29, 0.717) is 16.2 Å². The number of furan rings is 1. The third kappa shape index (κ3) is 1.71. The number of fused-ring (bicyclic) bond motifs is 1. The fourth-order valence-corrected chi connectivity index (χ4v) is 2.63. The average Bonchev–Trinajstić information content (AvgIpc) is 2.97. The van der Waals surface area contributed by atoms with Gasteiger partial charge in [0.1, 0.15) is 14.4 Å². The topological polar surface area (TPSA) is 85.0 Å². The van der Waals surface area contributed by atoms with Gasteiger partial charge in [-0.25, -0.2) is 4.98 Å². The maximum atomic E-state index is 10.5. The van der Waals surface area contributed by atoms with Crippen LogP contribution in [0.15, 0.2) is 28.0 Å². The van der Waals surface area contributed by atoms with Crippen LogP contribution >= 0.6 is 23.6 Å². The number of nitrogens with one attached hydrogen (secondary N) is 1. The number of aromatic amines is 1. The standard InChI is InChI=1S/C10H5N3O3S2/c14-13(15)7-2-1-6(16-7)8-11-9(17)5-3-4-18-10(5)12-8/h1-4H,(H,11,12,17). The number of nitro groups is 1. The second-order valence-electron chi connectivity index (χ2n) is 3.45. The van der Waals surface area contributed by atoms with Crippen LogP contribution < -0.4 is 0 Å². The summed E-state index contributed by atoms with van der Waals surface area (Å²) in [5.74, 6) is 0.364. The molecule has 1 N–H and O–H groups in total. The van der Waals surface area contributed by atoms with Gasteiger partial charge in [-0.1, -0.05) is 12.2 Å². The van der Waals surface area contributed by atoms with Gasteiger partial charge in [0.15, 0.2) is 11.6 Å². The molecule has 0 aliphatic rings. The van der Waals surface area contributed by atoms with Crippen LogP contribution in [0.1, 0.15) is 0 Å². The molecule has 0 atom stereocenters. The molecule has 0 aromatic carbocycles. The van der Waals surface area contributed by atoms with Crippen molar-refractivity contribution in [2.45, 2.75) is 0 Å². The van der Waals surface area contributed by atoms with Gasteiger partial charge >= 0.3 is 5.88 Å². The van der Waals surface area contributed by atoms with Crippen LogP contribution in [0, 0.1) is 14.8 Å². The van der Waals surface area contributed by atoms with E-state index in [-0.39, 0.29) is 5.88 Å². The summed E-state index contributed by atoms with van der Waals surface area (Å²) in [7, 11) is 0. The molecule has 3 rings (SSSR count). The van der Waals surface area contributed by atoms with Crippen LogP contribution in [-0.4, -0.2) is 14.9 Å². The quantitative estimate of drug-likeness (QED) is 0.440. The molecule has 0 spiro atoms. The first-order valence-corrected chi connectivity index (χ1v) is 6.16. The van der Waals surface area contributed by atoms with Gasteiger partial charge in [0.05, 0.1) is 6.07 Å². The molecular weight excluding hydrogens is 274 g/mol. The molecular formula is C10H5N3O3S2. The van der Waals surface area contributed by atoms with E-state index in [9.17, 15) is 10.1 Å². The lowest BCUT2D eigenvalue weighted by Gasteiger charge is -1.96. The second-order valence-corrected chi connectivity index (χ2v) is 4.75. The predicted molar refractivity (Wildman–Crippen MR) is 69.2 cm³/mol. The molecule has 0 amide bonds. The Morgan fingerprint density at radius 1 is 1.44 bits per heavy atom. The van der Waals surface area contributed by atoms with Gasteiger partial charge in [-0.2, -0.15) is 0 Å². The van der Waals surface area contributed by atoms with Crippen LogP contribution in [0.2, 0.25) is 0 Å². The largest absolute Gasteiger partial charge is 0.433 e. The highest BCUT2D eigenvalue weighted by molar-refractivity contribution is 7.71. The number of H-pyrrole nitrogens is 1. The minimum atomic E-state index is -0.595. The van der Waals surface area contributed by atoms with Crippen LogP contribution in [-0.2, 0) is 0 Å². The molecule has 8 heteroatoms. The van der Waals surface area contributed by atoms with E-state index in [2.05, 4.69) is 9.97 Å². The first-order chi connectivity index (χ1) is 8.65. The molecule has 18 heavy (non-hydrogen) atoms. The molecule has 6 nitrogen and oxygen atoms in total. The van der Waals surface area contributed by atoms with Crippen molar-refractivity contribution in [2.24, 2.45) is 0 Å². The highest BCUT2D eigenvalue weighted by Gasteiger charge is 2.15. The van der Waals surface area contributed by atoms with Gasteiger partial charge in [-0.05, 0) is 17.5 Å². The molecule has 0 fully saturated rings. The highest BCUT2D eigenvalue weighted by Crippen LogP contribution is 2.26. The summed E-state index contributed by atoms with van der Waals surface area (Å²) < 4.78 is 5.61. The molecule has 0 saturated heterocycles. The van der Waals surface area contributed by atoms with Crippen molar-refractivity contribution >= 4 is 39.7 Å². The summed E-state index contributed by atoms with van der Waals surface area (Å²) in [6.07, 6.45) is 0. The van der Waals surface area contributed by atoms with Gasteiger partial charge in [0.25, 0.3) is 0 Å². The Hall–Kier alpha value is -2.06. The minimum absolute atomic E-state index is 0.295. The maximum absolute atomic E-state index is 10.5. The van der Waals surface area contributed by atoms with E-state index in [1.165, 1.54) is 23.5 Å². The van der Waals surface area contributed by atoms with Crippen molar-refractivity contribution in [3.05, 3.63) is 38.3 Å². The van der Waals surface area contributed by atoms with E-state index in [1.807, 2.05) is 11.4 Å². The van der Waals surface area contributed by atoms with Gasteiger partial charge in [0, 0.05) is 5.39 Å². The molecule has 0 radical (unpaired) electrons. The van der Waals surface area contributed by atoms with Gasteiger partial charge in [-0.15, -0.1) is 11.3 Å². The number of rotatable bonds is 2. The normalized spacial score (nSPS) is 10.9. The Labute approximate surface area is 109 Å². The second kappa shape index (κ2) is 4.00. The van der Waals surface area contributed by atoms with Crippen molar-refractivity contribution in [1.29, 1.82) is 0 Å². The van der Waals surface area contributed by atoms with Gasteiger partial charge in [0.2, 0.25) is 0 Å². The molecule has 3 aromatic rings. The summed E-state index contributed by atoms with van der Waals surface area (Å²) in [5, 5.41) is 13.3. The molecule has 3 heterocycles. The van der Waals surface area contributed by atoms with Crippen LogP contribution in [0.5, 0.6) is 0 Å². The highest BCUT2D eigenvalue weighted by atomic mass is 32.1. The predicted octanol–water partition coefficient (Wildman–Crippen LogP) is 3.52. The molecule has 0 saturated carbocycles. The van der Waals surface area contributed by atoms with E-state index in [4.69, 9.17) is 16.6 Å². The first-order valence-electron chi connectivity index (χ1n) is 4.87. The summed E-state index contributed by atoms with van der Waals surface area (Å²) in [5.41, 5.74) is 0. The molecule has 3 aromatic heterocycles. The average molecular weight is 279 g/mol. The Bertz CT molecular complexity index is 802. The van der Waals surface area contributed by atoms with Crippen molar-refractivity contribution < 1.29 is 9.34 Å². The summed E-state index contributed by atoms with van der Waals surface area (Å²) in [4.78, 5) is 17.9. The van der Waals surface area contributed by atoms with Crippen molar-refractivity contribution in [2.75, 3.05) is 0 Å². The smallest absolute Gasteiger partial charge is 0.397 e. The van der Waals surface area contributed by atoms with Gasteiger partial charge < -0.3 is 9.40 Å². The minimum Gasteiger partial charge on any atom is -0.397 e. The Kier molecular flexibility index (Phi) is 2.46. The number of hydrogen-bond donors (Lipinski definition) is 1. The lowest BCUT2D eigenvalue weighted by Crippen LogP contribution is -1.88. The van der Waals surface area contributed by atoms with Crippen molar-refractivity contribution in [3.63, 3.8) is 0 Å². The third-order valence-electron chi connectivity index (χ3n) is 2.34. The first kappa shape index (κ1) is 11.1. The molecule has 0 unspecified atom stereocenters. The Balaban J connectivity index is 2.18. The summed E-state index contributed by atoms with van der Waals surface area (Å²) >= 11 is 6.64. The van der Waals surface area contributed by atoms with Crippen molar-refractivity contribution in [1.82, 2.24) is 9.97 Å². The molecule has 0 aliphatic heterocycles. The number of thiophene rings is 1. The van der Waals surface area contributed by atoms with E-state index in [1.54, 1.807) is 0 Å². The lowest BCUT2D eigenvalue weighted by molar-refractivity contribution is -0.401. The Morgan fingerprint density at radius 3 is 3.00 bits per heavy atom. The zero-order valence-electron chi connectivity index (χ0n) is 8.75. The van der Waals surface area contributed by atoms with E-state index < -0.39 is 4.92 Å². The van der Waals surface area contributed by atoms with Crippen LogP contribution in [0.25, 0.3) is 21.8 Å². The van der Waals surface area contributed by atoms with Crippen LogP contribution in [0.3, 0.4) is 0 Å². The van der Waals surface area contributed by atoms with E-state index in [0.717, 1.165) is 10.2 Å². The summed E-state index contributed by atoms with van der Waals surface area (Å²) in [6, 6.07) is 4.65. The molecule has 90 valence electrons. The zero-order valence-corrected chi connectivity index (χ0v) is 10.4. The lowest BCUT2D eigenvalue weighted by atomic mass is 10.4. The molecule has 0 bridgehead atoms. The van der Waals surface area contributed by atoms with Crippen molar-refractivity contribution in [3.8, 4) is 11.6 Å². The fourth-order valence-electron chi connectivity index (χ4n) is 1.53. The number of aromatic nitrogens is 2. The van der Waals surface area contributed by atoms with Crippen LogP contribution in [0.4, 0.5) is 5.88 Å². The fraction of sp³-hybridized carbons (Fsp3) is 0. The Morgan fingerprint density at radius 2 is 2.28 bits per heavy atom. The summed E-state index contributed by atoms with van der Waals surface area (Å²) in [6.45, 7) is 0. The zero-order chi connectivity index (χ0) is 12.7. The number of nitrogens with zero attached hydrogens (tertiary/aromatic N) is 2. The maximum Gasteiger partial charge on any atom is 0.433 e. The monoisotopic (exact) mass is 279 g/mol. The molecule has 0 aliphatic carbocycles.